The van der Waals surface area contributed by atoms with E-state index in [0.29, 0.717) is 11.8 Å². The van der Waals surface area contributed by atoms with Crippen LogP contribution in [0.4, 0.5) is 5.69 Å². The fraction of sp³-hybridized carbons (Fsp3) is 0.256. The fourth-order valence-electron chi connectivity index (χ4n) is 5.83. The Hall–Kier alpha value is -4.57. The van der Waals surface area contributed by atoms with Crippen molar-refractivity contribution in [3.8, 4) is 22.4 Å². The molecular formula is C39H43N3O. The zero-order valence-corrected chi connectivity index (χ0v) is 26.3. The summed E-state index contributed by atoms with van der Waals surface area (Å²) < 4.78 is 8.33. The second kappa shape index (κ2) is 13.2. The molecule has 0 bridgehead atoms. The molecular weight excluding hydrogens is 526 g/mol. The van der Waals surface area contributed by atoms with Crippen LogP contribution in [0, 0.1) is 0 Å². The maximum atomic E-state index is 6.17. The summed E-state index contributed by atoms with van der Waals surface area (Å²) in [6.45, 7) is 15.0. The van der Waals surface area contributed by atoms with Crippen molar-refractivity contribution in [3.63, 3.8) is 0 Å². The minimum Gasteiger partial charge on any atom is -0.461 e. The average molecular weight is 570 g/mol. The minimum absolute atomic E-state index is 0.204. The molecule has 0 aliphatic carbocycles. The number of hydrogen-bond acceptors (Lipinski definition) is 3. The average Bonchev–Trinajstić information content (AvgIpc) is 3.61. The van der Waals surface area contributed by atoms with Crippen LogP contribution in [0.5, 0.6) is 0 Å². The third kappa shape index (κ3) is 6.29. The lowest BCUT2D eigenvalue weighted by molar-refractivity contribution is 0.508. The van der Waals surface area contributed by atoms with E-state index < -0.39 is 0 Å². The molecule has 0 radical (unpaired) electrons. The van der Waals surface area contributed by atoms with Gasteiger partial charge in [-0.25, -0.2) is 4.98 Å². The van der Waals surface area contributed by atoms with Gasteiger partial charge in [-0.15, -0.1) is 0 Å². The van der Waals surface area contributed by atoms with Gasteiger partial charge in [0.05, 0.1) is 5.69 Å². The number of para-hydroxylation sites is 1. The fourth-order valence-corrected chi connectivity index (χ4v) is 5.83. The van der Waals surface area contributed by atoms with Gasteiger partial charge in [-0.3, -0.25) is 0 Å². The Morgan fingerprint density at radius 3 is 2.16 bits per heavy atom. The second-order valence-corrected chi connectivity index (χ2v) is 11.7. The zero-order chi connectivity index (χ0) is 30.5. The molecule has 0 aliphatic heterocycles. The molecule has 1 atom stereocenters. The molecule has 4 heteroatoms. The number of benzene rings is 3. The van der Waals surface area contributed by atoms with Gasteiger partial charge in [-0.1, -0.05) is 126 Å². The first-order valence-electron chi connectivity index (χ1n) is 15.3. The van der Waals surface area contributed by atoms with Crippen LogP contribution in [0.3, 0.4) is 0 Å². The highest BCUT2D eigenvalue weighted by molar-refractivity contribution is 5.72. The molecule has 220 valence electrons. The summed E-state index contributed by atoms with van der Waals surface area (Å²) in [5, 5.41) is 4.06. The zero-order valence-electron chi connectivity index (χ0n) is 26.3. The van der Waals surface area contributed by atoms with Crippen molar-refractivity contribution in [3.05, 3.63) is 138 Å². The van der Waals surface area contributed by atoms with Gasteiger partial charge < -0.3 is 14.3 Å². The number of aryl methyl sites for hydroxylation is 2. The van der Waals surface area contributed by atoms with Gasteiger partial charge in [0, 0.05) is 30.9 Å². The first kappa shape index (κ1) is 29.9. The number of imidazole rings is 1. The number of aromatic nitrogens is 2. The van der Waals surface area contributed by atoms with E-state index in [1.54, 1.807) is 6.08 Å². The quantitative estimate of drug-likeness (QED) is 0.161. The van der Waals surface area contributed by atoms with Crippen LogP contribution < -0.4 is 5.32 Å². The van der Waals surface area contributed by atoms with E-state index in [-0.39, 0.29) is 6.04 Å². The summed E-state index contributed by atoms with van der Waals surface area (Å²) in [6.07, 6.45) is 8.49. The number of hydrogen-bond donors (Lipinski definition) is 1. The molecule has 5 rings (SSSR count). The van der Waals surface area contributed by atoms with E-state index >= 15 is 0 Å². The molecule has 1 N–H and O–H groups in total. The van der Waals surface area contributed by atoms with Gasteiger partial charge in [-0.05, 0) is 51.8 Å². The Morgan fingerprint density at radius 1 is 0.860 bits per heavy atom. The molecule has 0 aliphatic rings. The predicted octanol–water partition coefficient (Wildman–Crippen LogP) is 10.6. The number of rotatable bonds is 11. The third-order valence-corrected chi connectivity index (χ3v) is 8.01. The Balaban J connectivity index is 1.72. The minimum atomic E-state index is -0.204. The molecule has 2 aromatic heterocycles. The Bertz CT molecular complexity index is 1690. The van der Waals surface area contributed by atoms with Crippen molar-refractivity contribution in [2.75, 3.05) is 5.32 Å². The second-order valence-electron chi connectivity index (χ2n) is 11.7. The van der Waals surface area contributed by atoms with Gasteiger partial charge in [-0.2, -0.15) is 0 Å². The molecule has 3 aromatic carbocycles. The number of nitrogens with one attached hydrogen (secondary N) is 1. The highest BCUT2D eigenvalue weighted by Gasteiger charge is 2.27. The summed E-state index contributed by atoms with van der Waals surface area (Å²) in [4.78, 5) is 5.34. The first-order chi connectivity index (χ1) is 20.8. The summed E-state index contributed by atoms with van der Waals surface area (Å²) in [5.41, 5.74) is 9.29. The van der Waals surface area contributed by atoms with Gasteiger partial charge in [0.25, 0.3) is 0 Å². The van der Waals surface area contributed by atoms with E-state index in [4.69, 9.17) is 9.40 Å². The molecule has 0 saturated heterocycles. The lowest BCUT2D eigenvalue weighted by Gasteiger charge is -2.28. The van der Waals surface area contributed by atoms with Crippen molar-refractivity contribution in [2.45, 2.75) is 58.9 Å². The third-order valence-electron chi connectivity index (χ3n) is 8.01. The summed E-state index contributed by atoms with van der Waals surface area (Å²) in [6, 6.07) is 27.9. The summed E-state index contributed by atoms with van der Waals surface area (Å²) in [5.74, 6) is 3.40. The lowest BCUT2D eigenvalue weighted by Crippen LogP contribution is -2.20. The predicted molar refractivity (Wildman–Crippen MR) is 181 cm³/mol. The van der Waals surface area contributed by atoms with Crippen LogP contribution in [0.25, 0.3) is 28.5 Å². The van der Waals surface area contributed by atoms with E-state index in [2.05, 4.69) is 143 Å². The standard InChI is InChI=1S/C39H43N3O/c1-8-10-19-29-24-34(36(9-2)43-29)35-25-42(7)39(40-35)38(33-21-15-14-20-32(33)28-17-12-11-13-18-28)41-37-30(26(3)4)22-16-23-31(37)27(5)6/h8,10-27,38,41H,1,9H2,2-7H3/b19-10-. The maximum Gasteiger partial charge on any atom is 0.136 e. The van der Waals surface area contributed by atoms with Gasteiger partial charge >= 0.3 is 0 Å². The molecule has 0 spiro atoms. The van der Waals surface area contributed by atoms with Crippen molar-refractivity contribution in [2.24, 2.45) is 7.05 Å². The molecule has 0 fully saturated rings. The van der Waals surface area contributed by atoms with Crippen molar-refractivity contribution >= 4 is 11.8 Å². The van der Waals surface area contributed by atoms with Crippen LogP contribution >= 0.6 is 0 Å². The van der Waals surface area contributed by atoms with Crippen LogP contribution in [0.2, 0.25) is 0 Å². The molecule has 5 aromatic rings. The van der Waals surface area contributed by atoms with Gasteiger partial charge in [0.15, 0.2) is 0 Å². The molecule has 1 unspecified atom stereocenters. The van der Waals surface area contributed by atoms with E-state index in [1.807, 2.05) is 12.2 Å². The lowest BCUT2D eigenvalue weighted by atomic mass is 9.90. The van der Waals surface area contributed by atoms with E-state index in [9.17, 15) is 0 Å². The van der Waals surface area contributed by atoms with Gasteiger partial charge in [0.2, 0.25) is 0 Å². The van der Waals surface area contributed by atoms with E-state index in [0.717, 1.165) is 35.0 Å². The van der Waals surface area contributed by atoms with Crippen LogP contribution in [0.1, 0.15) is 86.5 Å². The maximum absolute atomic E-state index is 6.17. The summed E-state index contributed by atoms with van der Waals surface area (Å²) >= 11 is 0. The number of furan rings is 1. The highest BCUT2D eigenvalue weighted by Crippen LogP contribution is 2.40. The molecule has 43 heavy (non-hydrogen) atoms. The van der Waals surface area contributed by atoms with Crippen molar-refractivity contribution < 1.29 is 4.42 Å². The number of nitrogens with zero attached hydrogens (tertiary/aromatic N) is 2. The number of anilines is 1. The molecule has 0 saturated carbocycles. The summed E-state index contributed by atoms with van der Waals surface area (Å²) in [7, 11) is 2.09. The van der Waals surface area contributed by atoms with Crippen LogP contribution in [-0.2, 0) is 13.5 Å². The van der Waals surface area contributed by atoms with Gasteiger partial charge in [0.1, 0.15) is 23.4 Å². The van der Waals surface area contributed by atoms with E-state index in [1.165, 1.54) is 33.5 Å². The van der Waals surface area contributed by atoms with Crippen molar-refractivity contribution in [1.29, 1.82) is 0 Å². The highest BCUT2D eigenvalue weighted by atomic mass is 16.3. The number of allylic oxidation sites excluding steroid dienone is 2. The Labute approximate surface area is 256 Å². The Kier molecular flexibility index (Phi) is 9.16. The topological polar surface area (TPSA) is 43.0 Å². The smallest absolute Gasteiger partial charge is 0.136 e. The SMILES string of the molecule is C=C/C=C\c1cc(-c2cn(C)c(C(Nc3c(C(C)C)cccc3C(C)C)c3ccccc3-c3ccccc3)n2)c(CC)o1. The first-order valence-corrected chi connectivity index (χ1v) is 15.3. The molecule has 0 amide bonds. The Morgan fingerprint density at radius 2 is 1.51 bits per heavy atom. The van der Waals surface area contributed by atoms with Crippen LogP contribution in [0.15, 0.2) is 108 Å². The largest absolute Gasteiger partial charge is 0.461 e. The van der Waals surface area contributed by atoms with Crippen LogP contribution in [-0.4, -0.2) is 9.55 Å². The molecule has 2 heterocycles. The normalized spacial score (nSPS) is 12.4. The molecule has 4 nitrogen and oxygen atoms in total. The monoisotopic (exact) mass is 569 g/mol. The van der Waals surface area contributed by atoms with Crippen molar-refractivity contribution in [1.82, 2.24) is 9.55 Å².